The molecule has 0 atom stereocenters. The summed E-state index contributed by atoms with van der Waals surface area (Å²) in [5.41, 5.74) is 4.00. The molecule has 3 aromatic rings. The summed E-state index contributed by atoms with van der Waals surface area (Å²) in [5.74, 6) is -1.89. The molecule has 1 aromatic heterocycles. The van der Waals surface area contributed by atoms with Crippen molar-refractivity contribution in [2.24, 2.45) is 0 Å². The number of H-pyrrole nitrogens is 1. The average molecular weight is 502 g/mol. The van der Waals surface area contributed by atoms with E-state index in [2.05, 4.69) is 4.98 Å². The van der Waals surface area contributed by atoms with E-state index in [1.165, 1.54) is 0 Å². The van der Waals surface area contributed by atoms with Crippen LogP contribution in [0.5, 0.6) is 5.75 Å². The zero-order chi connectivity index (χ0) is 26.3. The number of aliphatic carboxylic acids is 1. The number of halogens is 3. The lowest BCUT2D eigenvalue weighted by molar-refractivity contribution is -0.192. The van der Waals surface area contributed by atoms with Crippen molar-refractivity contribution in [3.8, 4) is 5.75 Å². The number of para-hydroxylation sites is 1. The summed E-state index contributed by atoms with van der Waals surface area (Å²) < 4.78 is 38.1. The summed E-state index contributed by atoms with van der Waals surface area (Å²) in [6.45, 7) is 5.22. The molecule has 0 radical (unpaired) electrons. The van der Waals surface area contributed by atoms with Crippen molar-refractivity contribution in [2.75, 3.05) is 13.1 Å². The second-order valence-electron chi connectivity index (χ2n) is 9.16. The largest absolute Gasteiger partial charge is 0.490 e. The molecule has 2 aromatic carbocycles. The summed E-state index contributed by atoms with van der Waals surface area (Å²) in [7, 11) is 0. The van der Waals surface area contributed by atoms with Crippen LogP contribution in [0.3, 0.4) is 0 Å². The van der Waals surface area contributed by atoms with Gasteiger partial charge >= 0.3 is 12.1 Å². The van der Waals surface area contributed by atoms with Crippen molar-refractivity contribution < 1.29 is 37.4 Å². The Hall–Kier alpha value is -3.82. The molecular weight excluding hydrogens is 477 g/mol. The number of rotatable bonds is 1. The Morgan fingerprint density at radius 3 is 2.36 bits per heavy atom. The first-order valence-electron chi connectivity index (χ1n) is 11.4. The molecule has 5 rings (SSSR count). The third kappa shape index (κ3) is 4.93. The second-order valence-corrected chi connectivity index (χ2v) is 9.16. The van der Waals surface area contributed by atoms with Gasteiger partial charge in [0.15, 0.2) is 5.78 Å². The number of aromatic amines is 1. The number of fused-ring (bicyclic) bond motifs is 2. The van der Waals surface area contributed by atoms with Crippen molar-refractivity contribution in [2.45, 2.75) is 44.9 Å². The SMILES string of the molecule is Cc1cc2c(cc1C)C(=O)CC1(CCN(C(=O)c3cccc4cc[nH]c34)CC1)O2.O=C(O)C(F)(F)F. The summed E-state index contributed by atoms with van der Waals surface area (Å²) >= 11 is 0. The molecule has 1 saturated heterocycles. The second kappa shape index (κ2) is 9.33. The summed E-state index contributed by atoms with van der Waals surface area (Å²) in [4.78, 5) is 39.9. The Labute approximate surface area is 204 Å². The number of nitrogens with one attached hydrogen (secondary N) is 1. The van der Waals surface area contributed by atoms with E-state index in [0.717, 1.165) is 22.0 Å². The van der Waals surface area contributed by atoms with Gasteiger partial charge in [0.1, 0.15) is 11.4 Å². The van der Waals surface area contributed by atoms with Crippen LogP contribution in [0.15, 0.2) is 42.6 Å². The van der Waals surface area contributed by atoms with Gasteiger partial charge < -0.3 is 19.7 Å². The van der Waals surface area contributed by atoms with E-state index in [1.54, 1.807) is 0 Å². The molecule has 3 heterocycles. The maximum absolute atomic E-state index is 13.1. The van der Waals surface area contributed by atoms with E-state index in [4.69, 9.17) is 14.6 Å². The highest BCUT2D eigenvalue weighted by atomic mass is 19.4. The molecule has 0 saturated carbocycles. The zero-order valence-electron chi connectivity index (χ0n) is 19.7. The van der Waals surface area contributed by atoms with Crippen molar-refractivity contribution >= 4 is 28.6 Å². The van der Waals surface area contributed by atoms with Crippen molar-refractivity contribution in [3.05, 3.63) is 64.8 Å². The molecule has 0 aliphatic carbocycles. The number of nitrogens with zero attached hydrogens (tertiary/aromatic N) is 1. The van der Waals surface area contributed by atoms with Gasteiger partial charge in [-0.2, -0.15) is 13.2 Å². The lowest BCUT2D eigenvalue weighted by atomic mass is 9.81. The van der Waals surface area contributed by atoms with Gasteiger partial charge in [-0.1, -0.05) is 12.1 Å². The van der Waals surface area contributed by atoms with Crippen molar-refractivity contribution in [1.29, 1.82) is 0 Å². The Morgan fingerprint density at radius 2 is 1.72 bits per heavy atom. The lowest BCUT2D eigenvalue weighted by Crippen LogP contribution is -2.52. The molecule has 2 aliphatic rings. The fraction of sp³-hybridized carbons (Fsp3) is 0.346. The van der Waals surface area contributed by atoms with Crippen LogP contribution in [0.2, 0.25) is 0 Å². The first-order chi connectivity index (χ1) is 16.9. The minimum Gasteiger partial charge on any atom is -0.486 e. The molecule has 2 N–H and O–H groups in total. The number of hydrogen-bond donors (Lipinski definition) is 2. The van der Waals surface area contributed by atoms with Gasteiger partial charge in [-0.3, -0.25) is 9.59 Å². The van der Waals surface area contributed by atoms with Crippen LogP contribution >= 0.6 is 0 Å². The van der Waals surface area contributed by atoms with E-state index in [0.29, 0.717) is 49.2 Å². The molecule has 36 heavy (non-hydrogen) atoms. The van der Waals surface area contributed by atoms with E-state index in [1.807, 2.05) is 61.3 Å². The number of aryl methyl sites for hydroxylation is 2. The number of ether oxygens (including phenoxy) is 1. The van der Waals surface area contributed by atoms with Crippen LogP contribution in [-0.2, 0) is 4.79 Å². The molecule has 10 heteroatoms. The normalized spacial score (nSPS) is 16.7. The summed E-state index contributed by atoms with van der Waals surface area (Å²) in [6.07, 6.45) is -1.51. The number of carbonyl (C=O) groups excluding carboxylic acids is 2. The number of carbonyl (C=O) groups is 3. The number of carboxylic acid groups (broad SMARTS) is 1. The zero-order valence-corrected chi connectivity index (χ0v) is 19.7. The maximum atomic E-state index is 13.1. The Kier molecular flexibility index (Phi) is 6.55. The van der Waals surface area contributed by atoms with Gasteiger partial charge in [-0.15, -0.1) is 0 Å². The van der Waals surface area contributed by atoms with Gasteiger partial charge in [0.25, 0.3) is 5.91 Å². The summed E-state index contributed by atoms with van der Waals surface area (Å²) in [5, 5.41) is 8.16. The molecule has 0 bridgehead atoms. The van der Waals surface area contributed by atoms with E-state index in [9.17, 15) is 22.8 Å². The number of likely N-dealkylation sites (tertiary alicyclic amines) is 1. The first kappa shape index (κ1) is 25.3. The molecule has 1 fully saturated rings. The highest BCUT2D eigenvalue weighted by molar-refractivity contribution is 6.05. The first-order valence-corrected chi connectivity index (χ1v) is 11.4. The fourth-order valence-corrected chi connectivity index (χ4v) is 4.58. The van der Waals surface area contributed by atoms with E-state index < -0.39 is 17.7 Å². The number of alkyl halides is 3. The van der Waals surface area contributed by atoms with Crippen LogP contribution in [0.4, 0.5) is 13.2 Å². The van der Waals surface area contributed by atoms with Crippen LogP contribution in [0.1, 0.15) is 51.1 Å². The van der Waals surface area contributed by atoms with Gasteiger partial charge in [-0.05, 0) is 49.2 Å². The van der Waals surface area contributed by atoms with Crippen LogP contribution in [0.25, 0.3) is 10.9 Å². The van der Waals surface area contributed by atoms with E-state index >= 15 is 0 Å². The number of aromatic nitrogens is 1. The minimum absolute atomic E-state index is 0.0295. The molecular formula is C26H25F3N2O5. The van der Waals surface area contributed by atoms with Crippen LogP contribution in [0, 0.1) is 13.8 Å². The Balaban J connectivity index is 0.000000384. The molecule has 190 valence electrons. The number of hydrogen-bond acceptors (Lipinski definition) is 4. The summed E-state index contributed by atoms with van der Waals surface area (Å²) in [6, 6.07) is 11.7. The standard InChI is InChI=1S/C24H24N2O3.C2HF3O2/c1-15-12-19-20(27)14-24(29-21(19)13-16(15)2)7-10-26(11-8-24)23(28)18-5-3-4-17-6-9-25-22(17)18;3-2(4,5)1(6)7/h3-6,9,12-13,25H,7-8,10-11,14H2,1-2H3;(H,6,7). The fourth-order valence-electron chi connectivity index (χ4n) is 4.58. The topological polar surface area (TPSA) is 99.7 Å². The van der Waals surface area contributed by atoms with Crippen LogP contribution in [-0.4, -0.2) is 57.5 Å². The number of ketones is 1. The van der Waals surface area contributed by atoms with E-state index in [-0.39, 0.29) is 11.7 Å². The number of benzene rings is 2. The van der Waals surface area contributed by atoms with Gasteiger partial charge in [0.05, 0.1) is 23.1 Å². The average Bonchev–Trinajstić information content (AvgIpc) is 3.29. The minimum atomic E-state index is -5.08. The predicted octanol–water partition coefficient (Wildman–Crippen LogP) is 5.06. The van der Waals surface area contributed by atoms with Crippen molar-refractivity contribution in [3.63, 3.8) is 0 Å². The quantitative estimate of drug-likeness (QED) is 0.485. The van der Waals surface area contributed by atoms with Gasteiger partial charge in [0.2, 0.25) is 0 Å². The monoisotopic (exact) mass is 502 g/mol. The third-order valence-electron chi connectivity index (χ3n) is 6.73. The molecule has 2 aliphatic heterocycles. The van der Waals surface area contributed by atoms with Crippen LogP contribution < -0.4 is 4.74 Å². The lowest BCUT2D eigenvalue weighted by Gasteiger charge is -2.44. The smallest absolute Gasteiger partial charge is 0.486 e. The van der Waals surface area contributed by atoms with Gasteiger partial charge in [0, 0.05) is 37.5 Å². The molecule has 0 unspecified atom stereocenters. The molecule has 1 spiro atoms. The highest BCUT2D eigenvalue weighted by Gasteiger charge is 2.44. The van der Waals surface area contributed by atoms with Crippen molar-refractivity contribution in [1.82, 2.24) is 9.88 Å². The van der Waals surface area contributed by atoms with Gasteiger partial charge in [-0.25, -0.2) is 4.79 Å². The molecule has 7 nitrogen and oxygen atoms in total. The Morgan fingerprint density at radius 1 is 1.08 bits per heavy atom. The maximum Gasteiger partial charge on any atom is 0.490 e. The number of piperidine rings is 1. The number of Topliss-reactive ketones (excluding diaryl/α,β-unsaturated/α-hetero) is 1. The highest BCUT2D eigenvalue weighted by Crippen LogP contribution is 2.40. The number of amides is 1. The number of carboxylic acids is 1. The molecule has 1 amide bonds. The third-order valence-corrected chi connectivity index (χ3v) is 6.73. The Bertz CT molecular complexity index is 1340. The predicted molar refractivity (Wildman–Crippen MR) is 125 cm³/mol.